The number of hydrogen-bond acceptors (Lipinski definition) is 6. The molecular formula is C9H12ClN5O3. The predicted molar refractivity (Wildman–Crippen MR) is 65.7 cm³/mol. The van der Waals surface area contributed by atoms with Crippen LogP contribution in [0.2, 0.25) is 5.28 Å². The Morgan fingerprint density at radius 2 is 2.33 bits per heavy atom. The second-order valence-corrected chi connectivity index (χ2v) is 3.63. The molecule has 1 amide bonds. The van der Waals surface area contributed by atoms with Crippen molar-refractivity contribution in [2.24, 2.45) is 0 Å². The summed E-state index contributed by atoms with van der Waals surface area (Å²) in [6.45, 7) is 2.09. The lowest BCUT2D eigenvalue weighted by molar-refractivity contribution is -0.384. The van der Waals surface area contributed by atoms with Gasteiger partial charge in [0.15, 0.2) is 0 Å². The Bertz CT molecular complexity index is 468. The van der Waals surface area contributed by atoms with Crippen LogP contribution in [0.1, 0.15) is 6.92 Å². The largest absolute Gasteiger partial charge is 0.358 e. The van der Waals surface area contributed by atoms with E-state index in [2.05, 4.69) is 15.3 Å². The average molecular weight is 274 g/mol. The molecule has 0 aliphatic rings. The van der Waals surface area contributed by atoms with Crippen LogP contribution in [0.4, 0.5) is 11.5 Å². The molecule has 0 atom stereocenters. The number of amides is 1. The van der Waals surface area contributed by atoms with Crippen LogP contribution < -0.4 is 10.2 Å². The molecule has 98 valence electrons. The van der Waals surface area contributed by atoms with Crippen LogP contribution in [-0.4, -0.2) is 40.9 Å². The molecule has 9 heteroatoms. The van der Waals surface area contributed by atoms with Crippen molar-refractivity contribution in [1.29, 1.82) is 0 Å². The maximum atomic E-state index is 11.3. The van der Waals surface area contributed by atoms with E-state index in [0.29, 0.717) is 6.54 Å². The maximum absolute atomic E-state index is 11.3. The van der Waals surface area contributed by atoms with Gasteiger partial charge in [0.05, 0.1) is 11.5 Å². The van der Waals surface area contributed by atoms with Gasteiger partial charge in [0.2, 0.25) is 17.0 Å². The molecule has 0 radical (unpaired) electrons. The van der Waals surface area contributed by atoms with Gasteiger partial charge in [-0.15, -0.1) is 0 Å². The normalized spacial score (nSPS) is 9.94. The van der Waals surface area contributed by atoms with Gasteiger partial charge in [-0.05, 0) is 18.5 Å². The van der Waals surface area contributed by atoms with Gasteiger partial charge in [-0.1, -0.05) is 0 Å². The third-order valence-electron chi connectivity index (χ3n) is 2.21. The van der Waals surface area contributed by atoms with E-state index < -0.39 is 4.92 Å². The minimum Gasteiger partial charge on any atom is -0.358 e. The highest BCUT2D eigenvalue weighted by Gasteiger charge is 2.23. The van der Waals surface area contributed by atoms with Crippen molar-refractivity contribution in [3.05, 3.63) is 21.6 Å². The second kappa shape index (κ2) is 6.10. The van der Waals surface area contributed by atoms with E-state index in [0.717, 1.165) is 6.20 Å². The summed E-state index contributed by atoms with van der Waals surface area (Å²) in [5, 5.41) is 13.2. The topological polar surface area (TPSA) is 101 Å². The standard InChI is InChI=1S/C9H12ClN5O3/c1-3-14(5-7(16)11-2)8-6(15(17)18)4-12-9(10)13-8/h4H,3,5H2,1-2H3,(H,11,16). The minimum atomic E-state index is -0.613. The first-order chi connectivity index (χ1) is 8.49. The summed E-state index contributed by atoms with van der Waals surface area (Å²) in [5.41, 5.74) is -0.287. The van der Waals surface area contributed by atoms with Crippen molar-refractivity contribution in [3.63, 3.8) is 0 Å². The second-order valence-electron chi connectivity index (χ2n) is 3.29. The number of rotatable bonds is 5. The minimum absolute atomic E-state index is 0.0334. The Hall–Kier alpha value is -1.96. The van der Waals surface area contributed by atoms with Crippen LogP contribution in [-0.2, 0) is 4.79 Å². The van der Waals surface area contributed by atoms with Gasteiger partial charge in [0.1, 0.15) is 6.20 Å². The molecule has 1 aromatic rings. The highest BCUT2D eigenvalue weighted by molar-refractivity contribution is 6.28. The lowest BCUT2D eigenvalue weighted by atomic mass is 10.4. The van der Waals surface area contributed by atoms with Gasteiger partial charge < -0.3 is 10.2 Å². The maximum Gasteiger partial charge on any atom is 0.329 e. The molecule has 1 rings (SSSR count). The number of nitrogens with zero attached hydrogens (tertiary/aromatic N) is 4. The first kappa shape index (κ1) is 14.1. The van der Waals surface area contributed by atoms with E-state index in [1.807, 2.05) is 0 Å². The van der Waals surface area contributed by atoms with Crippen LogP contribution in [0.15, 0.2) is 6.20 Å². The zero-order chi connectivity index (χ0) is 13.7. The average Bonchev–Trinajstić information content (AvgIpc) is 2.35. The van der Waals surface area contributed by atoms with E-state index in [9.17, 15) is 14.9 Å². The number of hydrogen-bond donors (Lipinski definition) is 1. The fourth-order valence-electron chi connectivity index (χ4n) is 1.30. The highest BCUT2D eigenvalue weighted by Crippen LogP contribution is 2.25. The summed E-state index contributed by atoms with van der Waals surface area (Å²) in [4.78, 5) is 30.4. The zero-order valence-electron chi connectivity index (χ0n) is 9.88. The summed E-state index contributed by atoms with van der Waals surface area (Å²) in [5.74, 6) is -0.244. The molecule has 1 aromatic heterocycles. The summed E-state index contributed by atoms with van der Waals surface area (Å²) in [6, 6.07) is 0. The number of halogens is 1. The van der Waals surface area contributed by atoms with Crippen molar-refractivity contribution < 1.29 is 9.72 Å². The molecule has 0 saturated heterocycles. The summed E-state index contributed by atoms with van der Waals surface area (Å²) < 4.78 is 0. The first-order valence-electron chi connectivity index (χ1n) is 5.12. The Kier molecular flexibility index (Phi) is 4.78. The van der Waals surface area contributed by atoms with Gasteiger partial charge in [-0.25, -0.2) is 4.98 Å². The smallest absolute Gasteiger partial charge is 0.329 e. The SMILES string of the molecule is CCN(CC(=O)NC)c1nc(Cl)ncc1[N+](=O)[O-]. The fourth-order valence-corrected chi connectivity index (χ4v) is 1.42. The monoisotopic (exact) mass is 273 g/mol. The number of nitro groups is 1. The molecule has 0 saturated carbocycles. The quantitative estimate of drug-likeness (QED) is 0.479. The molecule has 18 heavy (non-hydrogen) atoms. The first-order valence-corrected chi connectivity index (χ1v) is 5.49. The number of likely N-dealkylation sites (N-methyl/N-ethyl adjacent to an activating group) is 2. The summed E-state index contributed by atoms with van der Waals surface area (Å²) >= 11 is 5.62. The molecule has 0 spiro atoms. The molecule has 1 N–H and O–H groups in total. The van der Waals surface area contributed by atoms with E-state index in [4.69, 9.17) is 11.6 Å². The predicted octanol–water partition coefficient (Wildman–Crippen LogP) is 0.611. The molecule has 8 nitrogen and oxygen atoms in total. The lowest BCUT2D eigenvalue weighted by Crippen LogP contribution is -2.36. The van der Waals surface area contributed by atoms with Crippen LogP contribution in [0, 0.1) is 10.1 Å². The Morgan fingerprint density at radius 1 is 1.67 bits per heavy atom. The third-order valence-corrected chi connectivity index (χ3v) is 2.39. The molecule has 0 aliphatic heterocycles. The van der Waals surface area contributed by atoms with Gasteiger partial charge >= 0.3 is 5.69 Å². The van der Waals surface area contributed by atoms with E-state index >= 15 is 0 Å². The third kappa shape index (κ3) is 3.27. The van der Waals surface area contributed by atoms with Gasteiger partial charge in [-0.3, -0.25) is 14.9 Å². The Balaban J connectivity index is 3.14. The van der Waals surface area contributed by atoms with Crippen molar-refractivity contribution in [2.45, 2.75) is 6.92 Å². The fraction of sp³-hybridized carbons (Fsp3) is 0.444. The van der Waals surface area contributed by atoms with Crippen molar-refractivity contribution in [3.8, 4) is 0 Å². The lowest BCUT2D eigenvalue weighted by Gasteiger charge is -2.20. The van der Waals surface area contributed by atoms with Crippen LogP contribution in [0.3, 0.4) is 0 Å². The van der Waals surface area contributed by atoms with Crippen molar-refractivity contribution in [1.82, 2.24) is 15.3 Å². The number of carbonyl (C=O) groups excluding carboxylic acids is 1. The summed E-state index contributed by atoms with van der Waals surface area (Å²) in [7, 11) is 1.48. The molecule has 0 aliphatic carbocycles. The van der Waals surface area contributed by atoms with Crippen LogP contribution in [0.5, 0.6) is 0 Å². The van der Waals surface area contributed by atoms with E-state index in [-0.39, 0.29) is 29.2 Å². The van der Waals surface area contributed by atoms with Gasteiger partial charge in [0.25, 0.3) is 0 Å². The molecule has 0 unspecified atom stereocenters. The summed E-state index contributed by atoms with van der Waals surface area (Å²) in [6.07, 6.45) is 1.02. The van der Waals surface area contributed by atoms with Crippen molar-refractivity contribution in [2.75, 3.05) is 25.0 Å². The van der Waals surface area contributed by atoms with Crippen LogP contribution in [0.25, 0.3) is 0 Å². The molecule has 0 fully saturated rings. The van der Waals surface area contributed by atoms with E-state index in [1.165, 1.54) is 11.9 Å². The van der Waals surface area contributed by atoms with Crippen LogP contribution >= 0.6 is 11.6 Å². The Morgan fingerprint density at radius 3 is 2.83 bits per heavy atom. The highest BCUT2D eigenvalue weighted by atomic mass is 35.5. The molecule has 1 heterocycles. The zero-order valence-corrected chi connectivity index (χ0v) is 10.6. The number of carbonyl (C=O) groups is 1. The van der Waals surface area contributed by atoms with E-state index in [1.54, 1.807) is 6.92 Å². The molecule has 0 bridgehead atoms. The number of nitrogens with one attached hydrogen (secondary N) is 1. The Labute approximate surface area is 108 Å². The van der Waals surface area contributed by atoms with Crippen molar-refractivity contribution >= 4 is 29.0 Å². The van der Waals surface area contributed by atoms with Gasteiger partial charge in [-0.2, -0.15) is 4.98 Å². The number of aromatic nitrogens is 2. The molecular weight excluding hydrogens is 262 g/mol. The molecule has 0 aromatic carbocycles. The number of anilines is 1. The van der Waals surface area contributed by atoms with Gasteiger partial charge in [0, 0.05) is 13.6 Å².